The number of hydrogen-bond donors (Lipinski definition) is 1. The molecule has 9 heteroatoms. The molecule has 0 spiro atoms. The predicted molar refractivity (Wildman–Crippen MR) is 128 cm³/mol. The average molecular weight is 489 g/mol. The molecule has 2 heterocycles. The van der Waals surface area contributed by atoms with Crippen molar-refractivity contribution in [3.63, 3.8) is 0 Å². The quantitative estimate of drug-likeness (QED) is 0.653. The molecule has 2 aliphatic rings. The van der Waals surface area contributed by atoms with Crippen molar-refractivity contribution >= 4 is 35.2 Å². The number of benzene rings is 2. The normalized spacial score (nSPS) is 21.1. The fourth-order valence-corrected chi connectivity index (χ4v) is 4.98. The second-order valence-electron chi connectivity index (χ2n) is 8.96. The molecule has 0 aliphatic carbocycles. The molecule has 0 saturated carbocycles. The molecule has 2 atom stereocenters. The number of rotatable bonds is 5. The number of likely N-dealkylation sites (N-methyl/N-ethyl adjacent to an activating group) is 1. The summed E-state index contributed by atoms with van der Waals surface area (Å²) in [6.45, 7) is 4.92. The zero-order chi connectivity index (χ0) is 24.4. The summed E-state index contributed by atoms with van der Waals surface area (Å²) < 4.78 is 27.3. The minimum atomic E-state index is -0.629. The number of halogens is 3. The van der Waals surface area contributed by atoms with E-state index in [1.807, 2.05) is 11.9 Å². The van der Waals surface area contributed by atoms with Gasteiger partial charge in [-0.15, -0.1) is 0 Å². The molecular weight excluding hydrogens is 462 g/mol. The van der Waals surface area contributed by atoms with E-state index in [0.717, 1.165) is 18.7 Å². The number of piperazine rings is 2. The van der Waals surface area contributed by atoms with Crippen molar-refractivity contribution in [2.45, 2.75) is 25.6 Å². The number of nitrogens with one attached hydrogen (secondary N) is 1. The van der Waals surface area contributed by atoms with Crippen LogP contribution in [0.5, 0.6) is 0 Å². The van der Waals surface area contributed by atoms with E-state index < -0.39 is 5.82 Å². The highest BCUT2D eigenvalue weighted by atomic mass is 35.5. The number of nitrogens with zero attached hydrogens (tertiary/aromatic N) is 3. The molecule has 0 radical (unpaired) electrons. The first kappa shape index (κ1) is 24.3. The van der Waals surface area contributed by atoms with Gasteiger partial charge in [-0.1, -0.05) is 23.7 Å². The van der Waals surface area contributed by atoms with E-state index in [4.69, 9.17) is 11.6 Å². The highest BCUT2D eigenvalue weighted by Crippen LogP contribution is 2.27. The lowest BCUT2D eigenvalue weighted by atomic mass is 9.99. The van der Waals surface area contributed by atoms with Crippen molar-refractivity contribution in [3.05, 3.63) is 70.3 Å². The van der Waals surface area contributed by atoms with E-state index in [2.05, 4.69) is 15.1 Å². The van der Waals surface area contributed by atoms with Gasteiger partial charge in [0, 0.05) is 57.0 Å². The molecule has 1 N–H and O–H groups in total. The first-order valence-electron chi connectivity index (χ1n) is 11.1. The van der Waals surface area contributed by atoms with Gasteiger partial charge in [0.2, 0.25) is 11.8 Å². The van der Waals surface area contributed by atoms with Crippen molar-refractivity contribution in [2.24, 2.45) is 0 Å². The van der Waals surface area contributed by atoms with Crippen molar-refractivity contribution in [3.8, 4) is 0 Å². The van der Waals surface area contributed by atoms with Crippen LogP contribution >= 0.6 is 11.6 Å². The summed E-state index contributed by atoms with van der Waals surface area (Å²) in [6.07, 6.45) is 2.94. The van der Waals surface area contributed by atoms with Crippen LogP contribution in [0.25, 0.3) is 6.08 Å². The van der Waals surface area contributed by atoms with Crippen LogP contribution in [-0.4, -0.2) is 71.8 Å². The van der Waals surface area contributed by atoms with Crippen LogP contribution in [0.2, 0.25) is 5.02 Å². The Labute approximate surface area is 202 Å². The Hall–Kier alpha value is -2.81. The standard InChI is InChI=1S/C25H27ClF2N4O2/c1-16(33)29-24-10-22(26)23(28)9-18(24)5-8-25(34)32-20-12-30(2)13-21(32)15-31(14-20)11-17-3-6-19(27)7-4-17/h3-10,20-21H,11-15H2,1-2H3,(H,29,33). The second kappa shape index (κ2) is 10.2. The van der Waals surface area contributed by atoms with Gasteiger partial charge in [-0.3, -0.25) is 14.5 Å². The molecule has 4 rings (SSSR count). The number of fused-ring (bicyclic) bond motifs is 2. The molecule has 2 unspecified atom stereocenters. The smallest absolute Gasteiger partial charge is 0.247 e. The van der Waals surface area contributed by atoms with Crippen LogP contribution in [0.1, 0.15) is 18.1 Å². The van der Waals surface area contributed by atoms with E-state index in [1.165, 1.54) is 43.3 Å². The summed E-state index contributed by atoms with van der Waals surface area (Å²) in [4.78, 5) is 31.2. The Balaban J connectivity index is 1.50. The van der Waals surface area contributed by atoms with Crippen LogP contribution < -0.4 is 5.32 Å². The highest BCUT2D eigenvalue weighted by molar-refractivity contribution is 6.31. The number of anilines is 1. The molecule has 2 fully saturated rings. The maximum atomic E-state index is 14.0. The van der Waals surface area contributed by atoms with Gasteiger partial charge >= 0.3 is 0 Å². The van der Waals surface area contributed by atoms with Gasteiger partial charge in [-0.25, -0.2) is 8.78 Å². The SMILES string of the molecule is CC(=O)Nc1cc(Cl)c(F)cc1C=CC(=O)N1C2CN(C)CC1CN(Cc1ccc(F)cc1)C2. The topological polar surface area (TPSA) is 55.9 Å². The Morgan fingerprint density at radius 2 is 1.74 bits per heavy atom. The summed E-state index contributed by atoms with van der Waals surface area (Å²) >= 11 is 5.86. The summed E-state index contributed by atoms with van der Waals surface area (Å²) in [5, 5.41) is 2.51. The molecule has 6 nitrogen and oxygen atoms in total. The molecule has 180 valence electrons. The summed E-state index contributed by atoms with van der Waals surface area (Å²) in [6, 6.07) is 9.02. The van der Waals surface area contributed by atoms with Crippen molar-refractivity contribution in [2.75, 3.05) is 38.5 Å². The first-order valence-corrected chi connectivity index (χ1v) is 11.5. The fourth-order valence-electron chi connectivity index (χ4n) is 4.81. The van der Waals surface area contributed by atoms with Crippen molar-refractivity contribution < 1.29 is 18.4 Å². The Kier molecular flexibility index (Phi) is 7.30. The van der Waals surface area contributed by atoms with Gasteiger partial charge in [0.25, 0.3) is 0 Å². The molecule has 2 amide bonds. The second-order valence-corrected chi connectivity index (χ2v) is 9.37. The first-order chi connectivity index (χ1) is 16.2. The van der Waals surface area contributed by atoms with Crippen LogP contribution in [-0.2, 0) is 16.1 Å². The van der Waals surface area contributed by atoms with Gasteiger partial charge < -0.3 is 15.1 Å². The van der Waals surface area contributed by atoms with Crippen molar-refractivity contribution in [1.82, 2.24) is 14.7 Å². The molecule has 2 aromatic rings. The lowest BCUT2D eigenvalue weighted by Crippen LogP contribution is -2.68. The number of carbonyl (C=O) groups is 2. The molecule has 2 aliphatic heterocycles. The van der Waals surface area contributed by atoms with Gasteiger partial charge in [0.1, 0.15) is 11.6 Å². The third-order valence-corrected chi connectivity index (χ3v) is 6.44. The molecular formula is C25H27ClF2N4O2. The Morgan fingerprint density at radius 1 is 1.09 bits per heavy atom. The summed E-state index contributed by atoms with van der Waals surface area (Å²) in [5.41, 5.74) is 1.73. The third-order valence-electron chi connectivity index (χ3n) is 6.15. The zero-order valence-electron chi connectivity index (χ0n) is 19.1. The number of amides is 2. The third kappa shape index (κ3) is 5.63. The fraction of sp³-hybridized carbons (Fsp3) is 0.360. The van der Waals surface area contributed by atoms with Crippen LogP contribution in [0.3, 0.4) is 0 Å². The average Bonchev–Trinajstić information content (AvgIpc) is 2.75. The van der Waals surface area contributed by atoms with Crippen LogP contribution in [0.15, 0.2) is 42.5 Å². The van der Waals surface area contributed by atoms with Crippen LogP contribution in [0.4, 0.5) is 14.5 Å². The Morgan fingerprint density at radius 3 is 2.35 bits per heavy atom. The predicted octanol–water partition coefficient (Wildman–Crippen LogP) is 3.62. The van der Waals surface area contributed by atoms with Gasteiger partial charge in [-0.05, 0) is 43.0 Å². The zero-order valence-corrected chi connectivity index (χ0v) is 19.9. The minimum absolute atomic E-state index is 0.00753. The minimum Gasteiger partial charge on any atom is -0.328 e. The van der Waals surface area contributed by atoms with E-state index in [9.17, 15) is 18.4 Å². The maximum absolute atomic E-state index is 14.0. The molecule has 2 saturated heterocycles. The van der Waals surface area contributed by atoms with Gasteiger partial charge in [0.05, 0.1) is 17.1 Å². The number of hydrogen-bond acceptors (Lipinski definition) is 4. The van der Waals surface area contributed by atoms with E-state index >= 15 is 0 Å². The summed E-state index contributed by atoms with van der Waals surface area (Å²) in [7, 11) is 2.05. The van der Waals surface area contributed by atoms with E-state index in [-0.39, 0.29) is 34.7 Å². The molecule has 34 heavy (non-hydrogen) atoms. The Bertz CT molecular complexity index is 1090. The van der Waals surface area contributed by atoms with Crippen molar-refractivity contribution in [1.29, 1.82) is 0 Å². The highest BCUT2D eigenvalue weighted by Gasteiger charge is 2.41. The molecule has 2 aromatic carbocycles. The summed E-state index contributed by atoms with van der Waals surface area (Å²) in [5.74, 6) is -1.37. The lowest BCUT2D eigenvalue weighted by molar-refractivity contribution is -0.140. The molecule has 0 aromatic heterocycles. The lowest BCUT2D eigenvalue weighted by Gasteiger charge is -2.52. The molecule has 2 bridgehead atoms. The number of carbonyl (C=O) groups excluding carboxylic acids is 2. The van der Waals surface area contributed by atoms with Gasteiger partial charge in [0.15, 0.2) is 0 Å². The monoisotopic (exact) mass is 488 g/mol. The largest absolute Gasteiger partial charge is 0.328 e. The van der Waals surface area contributed by atoms with Gasteiger partial charge in [-0.2, -0.15) is 0 Å². The van der Waals surface area contributed by atoms with E-state index in [0.29, 0.717) is 30.9 Å². The van der Waals surface area contributed by atoms with Crippen LogP contribution in [0, 0.1) is 11.6 Å². The maximum Gasteiger partial charge on any atom is 0.247 e. The van der Waals surface area contributed by atoms with E-state index in [1.54, 1.807) is 12.1 Å².